The molecule has 0 aliphatic heterocycles. The molecule has 0 aliphatic carbocycles. The van der Waals surface area contributed by atoms with Crippen molar-refractivity contribution >= 4 is 11.7 Å². The van der Waals surface area contributed by atoms with Crippen LogP contribution in [-0.2, 0) is 18.2 Å². The van der Waals surface area contributed by atoms with Gasteiger partial charge in [0.1, 0.15) is 11.3 Å². The Morgan fingerprint density at radius 3 is 2.85 bits per heavy atom. The maximum Gasteiger partial charge on any atom is 0.341 e. The summed E-state index contributed by atoms with van der Waals surface area (Å²) in [7, 11) is 3.33. The molecule has 0 saturated carbocycles. The zero-order chi connectivity index (χ0) is 14.5. The van der Waals surface area contributed by atoms with Gasteiger partial charge in [0.25, 0.3) is 0 Å². The average Bonchev–Trinajstić information content (AvgIpc) is 2.84. The summed E-state index contributed by atoms with van der Waals surface area (Å²) < 4.78 is 12.1. The highest BCUT2D eigenvalue weighted by Crippen LogP contribution is 2.22. The van der Waals surface area contributed by atoms with E-state index >= 15 is 0 Å². The monoisotopic (exact) mass is 275 g/mol. The number of hydrogen-bond donors (Lipinski definition) is 1. The van der Waals surface area contributed by atoms with Crippen molar-refractivity contribution in [3.8, 4) is 5.75 Å². The van der Waals surface area contributed by atoms with E-state index in [-0.39, 0.29) is 6.61 Å². The van der Waals surface area contributed by atoms with Crippen molar-refractivity contribution in [2.75, 3.05) is 19.5 Å². The number of esters is 1. The van der Waals surface area contributed by atoms with Gasteiger partial charge >= 0.3 is 5.97 Å². The second-order valence-corrected chi connectivity index (χ2v) is 4.29. The van der Waals surface area contributed by atoms with Crippen molar-refractivity contribution in [1.29, 1.82) is 0 Å². The maximum atomic E-state index is 12.0. The summed E-state index contributed by atoms with van der Waals surface area (Å²) in [6.45, 7) is 0.284. The molecule has 1 aromatic carbocycles. The lowest BCUT2D eigenvalue weighted by Crippen LogP contribution is -2.11. The first-order valence-electron chi connectivity index (χ1n) is 6.19. The number of anilines is 1. The van der Waals surface area contributed by atoms with Crippen LogP contribution in [0.15, 0.2) is 30.5 Å². The molecule has 1 heterocycles. The summed E-state index contributed by atoms with van der Waals surface area (Å²) in [6, 6.07) is 6.72. The van der Waals surface area contributed by atoms with Gasteiger partial charge in [-0.1, -0.05) is 0 Å². The highest BCUT2D eigenvalue weighted by Gasteiger charge is 2.14. The molecule has 0 atom stereocenters. The molecule has 2 rings (SSSR count). The molecule has 0 unspecified atom stereocenters. The molecular formula is C14H17N3O3. The molecule has 2 aromatic rings. The van der Waals surface area contributed by atoms with Crippen LogP contribution in [0.1, 0.15) is 16.1 Å². The van der Waals surface area contributed by atoms with E-state index in [2.05, 4.69) is 5.10 Å². The van der Waals surface area contributed by atoms with Gasteiger partial charge in [0, 0.05) is 37.1 Å². The molecule has 0 amide bonds. The summed E-state index contributed by atoms with van der Waals surface area (Å²) in [5.41, 5.74) is 7.55. The van der Waals surface area contributed by atoms with Crippen LogP contribution in [0, 0.1) is 0 Å². The number of ether oxygens (including phenoxy) is 2. The molecule has 0 fully saturated rings. The number of rotatable bonds is 5. The Labute approximate surface area is 117 Å². The Bertz CT molecular complexity index is 607. The summed E-state index contributed by atoms with van der Waals surface area (Å²) in [4.78, 5) is 12.0. The summed E-state index contributed by atoms with van der Waals surface area (Å²) >= 11 is 0. The second-order valence-electron chi connectivity index (χ2n) is 4.29. The van der Waals surface area contributed by atoms with Gasteiger partial charge in [-0.2, -0.15) is 5.10 Å². The largest absolute Gasteiger partial charge is 0.496 e. The maximum absolute atomic E-state index is 12.0. The molecule has 106 valence electrons. The minimum Gasteiger partial charge on any atom is -0.496 e. The van der Waals surface area contributed by atoms with Gasteiger partial charge in [0.15, 0.2) is 0 Å². The Balaban J connectivity index is 1.97. The molecule has 0 radical (unpaired) electrons. The molecule has 0 spiro atoms. The van der Waals surface area contributed by atoms with Crippen LogP contribution in [0.5, 0.6) is 5.75 Å². The molecule has 6 heteroatoms. The molecule has 0 bridgehead atoms. The van der Waals surface area contributed by atoms with E-state index in [0.717, 1.165) is 5.69 Å². The van der Waals surface area contributed by atoms with Crippen LogP contribution in [0.2, 0.25) is 0 Å². The molecule has 20 heavy (non-hydrogen) atoms. The number of carbonyl (C=O) groups excluding carboxylic acids is 1. The molecule has 2 N–H and O–H groups in total. The van der Waals surface area contributed by atoms with Crippen molar-refractivity contribution in [2.24, 2.45) is 7.05 Å². The SMILES string of the molecule is COc1cc(N)ccc1C(=O)OCCc1ccnn1C. The first kappa shape index (κ1) is 13.9. The van der Waals surface area contributed by atoms with E-state index in [1.807, 2.05) is 13.1 Å². The number of aryl methyl sites for hydroxylation is 1. The van der Waals surface area contributed by atoms with E-state index in [9.17, 15) is 4.79 Å². The number of methoxy groups -OCH3 is 1. The van der Waals surface area contributed by atoms with Gasteiger partial charge in [-0.05, 0) is 18.2 Å². The number of carbonyl (C=O) groups is 1. The lowest BCUT2D eigenvalue weighted by molar-refractivity contribution is 0.0504. The van der Waals surface area contributed by atoms with Gasteiger partial charge in [-0.25, -0.2) is 4.79 Å². The number of aromatic nitrogens is 2. The third kappa shape index (κ3) is 3.09. The van der Waals surface area contributed by atoms with E-state index in [4.69, 9.17) is 15.2 Å². The molecule has 1 aromatic heterocycles. The lowest BCUT2D eigenvalue weighted by Gasteiger charge is -2.09. The van der Waals surface area contributed by atoms with Crippen LogP contribution in [0.25, 0.3) is 0 Å². The van der Waals surface area contributed by atoms with Crippen LogP contribution in [0.3, 0.4) is 0 Å². The number of nitrogens with zero attached hydrogens (tertiary/aromatic N) is 2. The number of nitrogens with two attached hydrogens (primary N) is 1. The minimum absolute atomic E-state index is 0.284. The van der Waals surface area contributed by atoms with Crippen molar-refractivity contribution in [2.45, 2.75) is 6.42 Å². The third-order valence-electron chi connectivity index (χ3n) is 2.96. The lowest BCUT2D eigenvalue weighted by atomic mass is 10.2. The zero-order valence-electron chi connectivity index (χ0n) is 11.5. The number of nitrogen functional groups attached to an aromatic ring is 1. The van der Waals surface area contributed by atoms with Crippen LogP contribution in [-0.4, -0.2) is 29.5 Å². The molecule has 0 saturated heterocycles. The van der Waals surface area contributed by atoms with Gasteiger partial charge in [-0.3, -0.25) is 4.68 Å². The van der Waals surface area contributed by atoms with Gasteiger partial charge in [-0.15, -0.1) is 0 Å². The van der Waals surface area contributed by atoms with Crippen LogP contribution in [0.4, 0.5) is 5.69 Å². The van der Waals surface area contributed by atoms with E-state index in [1.165, 1.54) is 7.11 Å². The average molecular weight is 275 g/mol. The Kier molecular flexibility index (Phi) is 4.24. The van der Waals surface area contributed by atoms with E-state index in [1.54, 1.807) is 29.1 Å². The predicted octanol–water partition coefficient (Wildman–Crippen LogP) is 1.41. The standard InChI is InChI=1S/C14H17N3O3/c1-17-11(5-7-16-17)6-8-20-14(18)12-4-3-10(15)9-13(12)19-2/h3-5,7,9H,6,8,15H2,1-2H3. The highest BCUT2D eigenvalue weighted by atomic mass is 16.5. The highest BCUT2D eigenvalue weighted by molar-refractivity contribution is 5.93. The fourth-order valence-electron chi connectivity index (χ4n) is 1.85. The van der Waals surface area contributed by atoms with Gasteiger partial charge in [0.05, 0.1) is 13.7 Å². The molecule has 6 nitrogen and oxygen atoms in total. The smallest absolute Gasteiger partial charge is 0.341 e. The topological polar surface area (TPSA) is 79.4 Å². The van der Waals surface area contributed by atoms with Gasteiger partial charge < -0.3 is 15.2 Å². The summed E-state index contributed by atoms with van der Waals surface area (Å²) in [5, 5.41) is 4.05. The molecular weight excluding hydrogens is 258 g/mol. The summed E-state index contributed by atoms with van der Waals surface area (Å²) in [5.74, 6) is -0.0143. The first-order chi connectivity index (χ1) is 9.61. The van der Waals surface area contributed by atoms with E-state index < -0.39 is 5.97 Å². The van der Waals surface area contributed by atoms with Crippen molar-refractivity contribution in [1.82, 2.24) is 9.78 Å². The second kappa shape index (κ2) is 6.10. The van der Waals surface area contributed by atoms with Crippen molar-refractivity contribution in [3.05, 3.63) is 41.7 Å². The zero-order valence-corrected chi connectivity index (χ0v) is 11.5. The number of benzene rings is 1. The van der Waals surface area contributed by atoms with Crippen LogP contribution < -0.4 is 10.5 Å². The number of hydrogen-bond acceptors (Lipinski definition) is 5. The Hall–Kier alpha value is -2.50. The normalized spacial score (nSPS) is 10.3. The quantitative estimate of drug-likeness (QED) is 0.659. The Morgan fingerprint density at radius 1 is 1.40 bits per heavy atom. The fraction of sp³-hybridized carbons (Fsp3) is 0.286. The summed E-state index contributed by atoms with van der Waals surface area (Å²) in [6.07, 6.45) is 2.32. The van der Waals surface area contributed by atoms with Crippen molar-refractivity contribution < 1.29 is 14.3 Å². The first-order valence-corrected chi connectivity index (χ1v) is 6.19. The van der Waals surface area contributed by atoms with E-state index in [0.29, 0.717) is 23.4 Å². The Morgan fingerprint density at radius 2 is 2.20 bits per heavy atom. The fourth-order valence-corrected chi connectivity index (χ4v) is 1.85. The van der Waals surface area contributed by atoms with Crippen LogP contribution >= 0.6 is 0 Å². The third-order valence-corrected chi connectivity index (χ3v) is 2.96. The minimum atomic E-state index is -0.427. The van der Waals surface area contributed by atoms with Gasteiger partial charge in [0.2, 0.25) is 0 Å². The predicted molar refractivity (Wildman–Crippen MR) is 74.6 cm³/mol. The van der Waals surface area contributed by atoms with Crippen molar-refractivity contribution in [3.63, 3.8) is 0 Å². The molecule has 0 aliphatic rings.